The largest absolute Gasteiger partial charge is 0.459 e. The Morgan fingerprint density at radius 2 is 1.82 bits per heavy atom. The molecule has 0 aromatic heterocycles. The summed E-state index contributed by atoms with van der Waals surface area (Å²) in [4.78, 5) is 27.9. The van der Waals surface area contributed by atoms with Crippen LogP contribution in [-0.4, -0.2) is 40.5 Å². The van der Waals surface area contributed by atoms with Crippen LogP contribution in [0.25, 0.3) is 0 Å². The number of carbonyl (C=O) groups is 2. The number of carbonyl (C=O) groups excluding carboxylic acids is 2. The van der Waals surface area contributed by atoms with E-state index in [0.717, 1.165) is 24.8 Å². The predicted octanol–water partition coefficient (Wildman–Crippen LogP) is 5.49. The monoisotopic (exact) mass is 456 g/mol. The summed E-state index contributed by atoms with van der Waals surface area (Å²) in [5.74, 6) is 0.472. The minimum absolute atomic E-state index is 0.0171. The van der Waals surface area contributed by atoms with Gasteiger partial charge >= 0.3 is 5.97 Å². The maximum Gasteiger partial charge on any atom is 0.323 e. The molecule has 1 heterocycles. The number of benzene rings is 1. The second-order valence-corrected chi connectivity index (χ2v) is 10.3. The molecule has 184 valence electrons. The highest BCUT2D eigenvalue weighted by molar-refractivity contribution is 5.77. The molecule has 0 spiro atoms. The van der Waals surface area contributed by atoms with Crippen LogP contribution in [0, 0.1) is 11.8 Å². The maximum absolute atomic E-state index is 13.4. The standard InChI is InChI=1S/C28H44N2O3/c1-8-14-23-18-25(27(32)33-28(5,6)7)30(19-22-15-12-11-13-16-22)26(23)24(29-20(4)31)17-21(9-2)10-3/h8,11-16,21,23-26H,9-10,17-19H2,1-7H3,(H,29,31)/b14-8-/t23-,24+,25-,26-/m1/s1. The smallest absolute Gasteiger partial charge is 0.323 e. The molecule has 1 fully saturated rings. The second-order valence-electron chi connectivity index (χ2n) is 10.3. The second kappa shape index (κ2) is 12.4. The van der Waals surface area contributed by atoms with Crippen molar-refractivity contribution < 1.29 is 14.3 Å². The highest BCUT2D eigenvalue weighted by Crippen LogP contribution is 2.38. The van der Waals surface area contributed by atoms with Crippen LogP contribution in [0.2, 0.25) is 0 Å². The fourth-order valence-corrected chi connectivity index (χ4v) is 5.09. The summed E-state index contributed by atoms with van der Waals surface area (Å²) in [5.41, 5.74) is 0.609. The molecule has 0 radical (unpaired) electrons. The molecular formula is C28H44N2O3. The highest BCUT2D eigenvalue weighted by atomic mass is 16.6. The van der Waals surface area contributed by atoms with Gasteiger partial charge in [0.05, 0.1) is 0 Å². The van der Waals surface area contributed by atoms with Gasteiger partial charge in [0.25, 0.3) is 0 Å². The Morgan fingerprint density at radius 1 is 1.18 bits per heavy atom. The van der Waals surface area contributed by atoms with Gasteiger partial charge in [-0.2, -0.15) is 0 Å². The van der Waals surface area contributed by atoms with E-state index >= 15 is 0 Å². The number of hydrogen-bond acceptors (Lipinski definition) is 4. The summed E-state index contributed by atoms with van der Waals surface area (Å²) in [7, 11) is 0. The minimum atomic E-state index is -0.545. The van der Waals surface area contributed by atoms with E-state index in [4.69, 9.17) is 4.74 Å². The first-order chi connectivity index (χ1) is 15.6. The van der Waals surface area contributed by atoms with Gasteiger partial charge in [-0.05, 0) is 57.9 Å². The van der Waals surface area contributed by atoms with Crippen LogP contribution in [0.4, 0.5) is 0 Å². The molecule has 1 amide bonds. The summed E-state index contributed by atoms with van der Waals surface area (Å²) < 4.78 is 5.86. The third-order valence-electron chi connectivity index (χ3n) is 6.59. The highest BCUT2D eigenvalue weighted by Gasteiger charge is 2.48. The Kier molecular flexibility index (Phi) is 10.2. The van der Waals surface area contributed by atoms with Gasteiger partial charge in [0.1, 0.15) is 11.6 Å². The summed E-state index contributed by atoms with van der Waals surface area (Å²) in [6, 6.07) is 9.89. The molecule has 1 aliphatic rings. The lowest BCUT2D eigenvalue weighted by atomic mass is 9.85. The molecular weight excluding hydrogens is 412 g/mol. The molecule has 0 unspecified atom stereocenters. The van der Waals surface area contributed by atoms with Gasteiger partial charge in [-0.3, -0.25) is 14.5 Å². The molecule has 1 aromatic carbocycles. The number of hydrogen-bond donors (Lipinski definition) is 1. The van der Waals surface area contributed by atoms with Crippen molar-refractivity contribution in [3.8, 4) is 0 Å². The van der Waals surface area contributed by atoms with E-state index in [9.17, 15) is 9.59 Å². The van der Waals surface area contributed by atoms with Gasteiger partial charge in [-0.15, -0.1) is 0 Å². The van der Waals surface area contributed by atoms with Gasteiger partial charge in [-0.25, -0.2) is 0 Å². The Balaban J connectivity index is 2.50. The summed E-state index contributed by atoms with van der Waals surface area (Å²) in [6.45, 7) is 14.4. The zero-order valence-electron chi connectivity index (χ0n) is 21.6. The Bertz CT molecular complexity index is 780. The number of nitrogens with one attached hydrogen (secondary N) is 1. The Labute approximate surface area is 201 Å². The van der Waals surface area contributed by atoms with Gasteiger partial charge in [-0.1, -0.05) is 69.2 Å². The van der Waals surface area contributed by atoms with Crippen LogP contribution >= 0.6 is 0 Å². The van der Waals surface area contributed by atoms with Crippen molar-refractivity contribution >= 4 is 11.9 Å². The summed E-state index contributed by atoms with van der Waals surface area (Å²) in [6.07, 6.45) is 8.00. The molecule has 1 N–H and O–H groups in total. The van der Waals surface area contributed by atoms with Crippen molar-refractivity contribution in [1.82, 2.24) is 10.2 Å². The predicted molar refractivity (Wildman–Crippen MR) is 135 cm³/mol. The van der Waals surface area contributed by atoms with Crippen molar-refractivity contribution in [3.63, 3.8) is 0 Å². The van der Waals surface area contributed by atoms with Gasteiger partial charge in [0.15, 0.2) is 0 Å². The zero-order valence-corrected chi connectivity index (χ0v) is 21.6. The molecule has 5 heteroatoms. The quantitative estimate of drug-likeness (QED) is 0.373. The number of nitrogens with zero attached hydrogens (tertiary/aromatic N) is 1. The minimum Gasteiger partial charge on any atom is -0.459 e. The number of ether oxygens (including phenoxy) is 1. The molecule has 0 saturated carbocycles. The van der Waals surface area contributed by atoms with Crippen molar-refractivity contribution in [1.29, 1.82) is 0 Å². The zero-order chi connectivity index (χ0) is 24.6. The topological polar surface area (TPSA) is 58.6 Å². The lowest BCUT2D eigenvalue weighted by Gasteiger charge is -2.38. The van der Waals surface area contributed by atoms with Crippen LogP contribution in [-0.2, 0) is 20.9 Å². The normalized spacial score (nSPS) is 22.6. The third-order valence-corrected chi connectivity index (χ3v) is 6.59. The van der Waals surface area contributed by atoms with E-state index in [1.54, 1.807) is 6.92 Å². The van der Waals surface area contributed by atoms with Crippen molar-refractivity contribution in [2.75, 3.05) is 0 Å². The average Bonchev–Trinajstić information content (AvgIpc) is 3.08. The molecule has 1 aliphatic heterocycles. The van der Waals surface area contributed by atoms with E-state index < -0.39 is 5.60 Å². The van der Waals surface area contributed by atoms with Crippen molar-refractivity contribution in [2.45, 2.75) is 104 Å². The van der Waals surface area contributed by atoms with Gasteiger partial charge in [0.2, 0.25) is 5.91 Å². The first-order valence-electron chi connectivity index (χ1n) is 12.5. The molecule has 1 saturated heterocycles. The van der Waals surface area contributed by atoms with E-state index in [1.807, 2.05) is 45.9 Å². The van der Waals surface area contributed by atoms with E-state index in [-0.39, 0.29) is 35.9 Å². The molecule has 0 aliphatic carbocycles. The van der Waals surface area contributed by atoms with Crippen LogP contribution < -0.4 is 5.32 Å². The fourth-order valence-electron chi connectivity index (χ4n) is 5.09. The number of allylic oxidation sites excluding steroid dienone is 1. The van der Waals surface area contributed by atoms with Gasteiger partial charge < -0.3 is 10.1 Å². The number of amides is 1. The fraction of sp³-hybridized carbons (Fsp3) is 0.643. The van der Waals surface area contributed by atoms with Crippen LogP contribution in [0.3, 0.4) is 0 Å². The molecule has 5 nitrogen and oxygen atoms in total. The first kappa shape index (κ1) is 27.1. The molecule has 2 rings (SSSR count). The van der Waals surface area contributed by atoms with E-state index in [1.165, 1.54) is 0 Å². The molecule has 33 heavy (non-hydrogen) atoms. The van der Waals surface area contributed by atoms with Crippen molar-refractivity contribution in [2.24, 2.45) is 11.8 Å². The summed E-state index contributed by atoms with van der Waals surface area (Å²) in [5, 5.41) is 3.27. The lowest BCUT2D eigenvalue weighted by molar-refractivity contribution is -0.161. The number of rotatable bonds is 10. The van der Waals surface area contributed by atoms with Crippen LogP contribution in [0.5, 0.6) is 0 Å². The number of likely N-dealkylation sites (tertiary alicyclic amines) is 1. The SMILES string of the molecule is C/C=C\[C@@H]1C[C@H](C(=O)OC(C)(C)C)N(Cc2ccccc2)[C@H]1[C@H](CC(CC)CC)NC(C)=O. The molecule has 4 atom stereocenters. The molecule has 1 aromatic rings. The lowest BCUT2D eigenvalue weighted by Crippen LogP contribution is -2.54. The third kappa shape index (κ3) is 7.99. The van der Waals surface area contributed by atoms with E-state index in [0.29, 0.717) is 18.9 Å². The maximum atomic E-state index is 13.4. The Morgan fingerprint density at radius 3 is 2.33 bits per heavy atom. The average molecular weight is 457 g/mol. The van der Waals surface area contributed by atoms with Crippen LogP contribution in [0.1, 0.15) is 79.7 Å². The van der Waals surface area contributed by atoms with Crippen LogP contribution in [0.15, 0.2) is 42.5 Å². The first-order valence-corrected chi connectivity index (χ1v) is 12.5. The molecule has 0 bridgehead atoms. The van der Waals surface area contributed by atoms with Crippen molar-refractivity contribution in [3.05, 3.63) is 48.0 Å². The Hall–Kier alpha value is -2.14. The van der Waals surface area contributed by atoms with E-state index in [2.05, 4.69) is 48.3 Å². The summed E-state index contributed by atoms with van der Waals surface area (Å²) >= 11 is 0. The van der Waals surface area contributed by atoms with Gasteiger partial charge in [0, 0.05) is 25.6 Å². The number of esters is 1.